The molecule has 1 unspecified atom stereocenters. The summed E-state index contributed by atoms with van der Waals surface area (Å²) in [7, 11) is 0. The van der Waals surface area contributed by atoms with Crippen LogP contribution in [0.25, 0.3) is 0 Å². The summed E-state index contributed by atoms with van der Waals surface area (Å²) >= 11 is 0. The Morgan fingerprint density at radius 2 is 1.96 bits per heavy atom. The highest BCUT2D eigenvalue weighted by Gasteiger charge is 2.39. The number of aromatic nitrogens is 1. The quantitative estimate of drug-likeness (QED) is 0.657. The number of hydrogen-bond donors (Lipinski definition) is 4. The Morgan fingerprint density at radius 1 is 1.26 bits per heavy atom. The number of amides is 1. The number of piperidine rings is 1. The van der Waals surface area contributed by atoms with Crippen LogP contribution in [0.3, 0.4) is 0 Å². The van der Waals surface area contributed by atoms with E-state index in [2.05, 4.69) is 15.6 Å². The second-order valence-corrected chi connectivity index (χ2v) is 6.37. The summed E-state index contributed by atoms with van der Waals surface area (Å²) in [6.07, 6.45) is 4.66. The summed E-state index contributed by atoms with van der Waals surface area (Å²) < 4.78 is 0. The van der Waals surface area contributed by atoms with E-state index in [1.807, 2.05) is 0 Å². The highest BCUT2D eigenvalue weighted by molar-refractivity contribution is 5.92. The zero-order valence-corrected chi connectivity index (χ0v) is 13.8. The van der Waals surface area contributed by atoms with Gasteiger partial charge in [0.1, 0.15) is 11.4 Å². The van der Waals surface area contributed by atoms with Crippen molar-refractivity contribution in [2.75, 3.05) is 13.1 Å². The molecule has 1 aromatic heterocycles. The largest absolute Gasteiger partial charge is 0.506 e. The Hall–Kier alpha value is -1.37. The third kappa shape index (κ3) is 4.34. The molecule has 1 aliphatic carbocycles. The number of nitrogens with one attached hydrogen (secondary N) is 2. The maximum absolute atomic E-state index is 12.4. The fourth-order valence-electron chi connectivity index (χ4n) is 3.49. The maximum Gasteiger partial charge on any atom is 0.270 e. The van der Waals surface area contributed by atoms with Gasteiger partial charge in [-0.05, 0) is 62.7 Å². The van der Waals surface area contributed by atoms with Crippen LogP contribution < -0.4 is 10.6 Å². The first-order valence-corrected chi connectivity index (χ1v) is 7.98. The molecule has 6 nitrogen and oxygen atoms in total. The molecule has 1 amide bonds. The van der Waals surface area contributed by atoms with Crippen molar-refractivity contribution >= 4 is 18.3 Å². The van der Waals surface area contributed by atoms with Crippen LogP contribution in [-0.4, -0.2) is 46.3 Å². The van der Waals surface area contributed by atoms with Crippen LogP contribution in [-0.2, 0) is 0 Å². The normalized spacial score (nSPS) is 25.8. The van der Waals surface area contributed by atoms with Crippen molar-refractivity contribution in [3.63, 3.8) is 0 Å². The fraction of sp³-hybridized carbons (Fsp3) is 0.625. The van der Waals surface area contributed by atoms with Crippen LogP contribution >= 0.6 is 12.4 Å². The number of aromatic hydroxyl groups is 1. The third-order valence-corrected chi connectivity index (χ3v) is 4.83. The SMILES string of the molecule is Cl.O=C(NC(C1CCNCC1)C1CC(O)C1)c1ccc(O)cn1. The number of aliphatic hydroxyl groups is 1. The fourth-order valence-corrected chi connectivity index (χ4v) is 3.49. The van der Waals surface area contributed by atoms with Gasteiger partial charge in [0.25, 0.3) is 5.91 Å². The Kier molecular flexibility index (Phi) is 6.21. The predicted octanol–water partition coefficient (Wildman–Crippen LogP) is 1.08. The molecule has 4 N–H and O–H groups in total. The maximum atomic E-state index is 12.4. The van der Waals surface area contributed by atoms with E-state index in [4.69, 9.17) is 0 Å². The van der Waals surface area contributed by atoms with Crippen LogP contribution in [0.2, 0.25) is 0 Å². The molecule has 0 spiro atoms. The van der Waals surface area contributed by atoms with Crippen LogP contribution in [0.5, 0.6) is 5.75 Å². The number of nitrogens with zero attached hydrogens (tertiary/aromatic N) is 1. The van der Waals surface area contributed by atoms with Gasteiger partial charge in [-0.3, -0.25) is 4.79 Å². The number of carbonyl (C=O) groups is 1. The van der Waals surface area contributed by atoms with Gasteiger partial charge in [0.15, 0.2) is 0 Å². The van der Waals surface area contributed by atoms with Gasteiger partial charge < -0.3 is 20.8 Å². The van der Waals surface area contributed by atoms with Gasteiger partial charge in [-0.15, -0.1) is 12.4 Å². The van der Waals surface area contributed by atoms with Crippen molar-refractivity contribution in [3.05, 3.63) is 24.0 Å². The molecule has 1 aromatic rings. The predicted molar refractivity (Wildman–Crippen MR) is 88.7 cm³/mol. The molecule has 23 heavy (non-hydrogen) atoms. The molecule has 1 atom stereocenters. The molecule has 2 heterocycles. The zero-order chi connectivity index (χ0) is 15.5. The van der Waals surface area contributed by atoms with Crippen LogP contribution in [0, 0.1) is 11.8 Å². The topological polar surface area (TPSA) is 94.5 Å². The molecule has 2 aliphatic rings. The first-order chi connectivity index (χ1) is 10.6. The summed E-state index contributed by atoms with van der Waals surface area (Å²) in [4.78, 5) is 16.4. The zero-order valence-electron chi connectivity index (χ0n) is 12.9. The lowest BCUT2D eigenvalue weighted by Gasteiger charge is -2.43. The molecule has 0 bridgehead atoms. The van der Waals surface area contributed by atoms with Crippen molar-refractivity contribution in [2.24, 2.45) is 11.8 Å². The van der Waals surface area contributed by atoms with E-state index in [-0.39, 0.29) is 36.2 Å². The van der Waals surface area contributed by atoms with E-state index in [1.165, 1.54) is 18.3 Å². The molecule has 1 aliphatic heterocycles. The van der Waals surface area contributed by atoms with E-state index in [0.717, 1.165) is 38.8 Å². The molecule has 1 saturated carbocycles. The number of rotatable bonds is 4. The number of hydrogen-bond acceptors (Lipinski definition) is 5. The van der Waals surface area contributed by atoms with Gasteiger partial charge in [-0.2, -0.15) is 0 Å². The van der Waals surface area contributed by atoms with Crippen molar-refractivity contribution in [2.45, 2.75) is 37.8 Å². The highest BCUT2D eigenvalue weighted by atomic mass is 35.5. The summed E-state index contributed by atoms with van der Waals surface area (Å²) in [6.45, 7) is 1.95. The smallest absolute Gasteiger partial charge is 0.270 e. The molecule has 128 valence electrons. The lowest BCUT2D eigenvalue weighted by Crippen LogP contribution is -2.53. The summed E-state index contributed by atoms with van der Waals surface area (Å²) in [5, 5.41) is 25.3. The number of halogens is 1. The third-order valence-electron chi connectivity index (χ3n) is 4.83. The molecule has 0 aromatic carbocycles. The molecule has 1 saturated heterocycles. The van der Waals surface area contributed by atoms with Gasteiger partial charge in [0.05, 0.1) is 12.3 Å². The molecular weight excluding hydrogens is 318 g/mol. The first kappa shape index (κ1) is 18.0. The first-order valence-electron chi connectivity index (χ1n) is 7.98. The van der Waals surface area contributed by atoms with Crippen molar-refractivity contribution in [1.29, 1.82) is 0 Å². The number of carbonyl (C=O) groups excluding carboxylic acids is 1. The lowest BCUT2D eigenvalue weighted by atomic mass is 9.71. The second-order valence-electron chi connectivity index (χ2n) is 6.37. The Labute approximate surface area is 142 Å². The number of aliphatic hydroxyl groups excluding tert-OH is 1. The molecule has 2 fully saturated rings. The summed E-state index contributed by atoms with van der Waals surface area (Å²) in [5.74, 6) is 0.637. The van der Waals surface area contributed by atoms with Gasteiger partial charge in [0, 0.05) is 6.04 Å². The Morgan fingerprint density at radius 3 is 2.52 bits per heavy atom. The van der Waals surface area contributed by atoms with Crippen LogP contribution in [0.15, 0.2) is 18.3 Å². The minimum Gasteiger partial charge on any atom is -0.506 e. The molecular formula is C16H24ClN3O3. The van der Waals surface area contributed by atoms with E-state index in [0.29, 0.717) is 17.5 Å². The van der Waals surface area contributed by atoms with Crippen molar-refractivity contribution < 1.29 is 15.0 Å². The molecule has 0 radical (unpaired) electrons. The van der Waals surface area contributed by atoms with E-state index in [1.54, 1.807) is 0 Å². The van der Waals surface area contributed by atoms with Gasteiger partial charge in [-0.1, -0.05) is 0 Å². The van der Waals surface area contributed by atoms with Crippen LogP contribution in [0.1, 0.15) is 36.2 Å². The average molecular weight is 342 g/mol. The van der Waals surface area contributed by atoms with E-state index < -0.39 is 0 Å². The molecule has 3 rings (SSSR count). The monoisotopic (exact) mass is 341 g/mol. The van der Waals surface area contributed by atoms with Gasteiger partial charge in [-0.25, -0.2) is 4.98 Å². The standard InChI is InChI=1S/C16H23N3O3.ClH/c20-12-1-2-14(18-9-12)16(22)19-15(11-7-13(21)8-11)10-3-5-17-6-4-10;/h1-2,9-11,13,15,17,20-21H,3-8H2,(H,19,22);1H. The van der Waals surface area contributed by atoms with Crippen LogP contribution in [0.4, 0.5) is 0 Å². The average Bonchev–Trinajstić information content (AvgIpc) is 2.51. The second kappa shape index (κ2) is 7.95. The summed E-state index contributed by atoms with van der Waals surface area (Å²) in [5.41, 5.74) is 0.316. The minimum atomic E-state index is -0.224. The van der Waals surface area contributed by atoms with E-state index >= 15 is 0 Å². The summed E-state index contributed by atoms with van der Waals surface area (Å²) in [6, 6.07) is 3.09. The highest BCUT2D eigenvalue weighted by Crippen LogP contribution is 2.35. The molecule has 7 heteroatoms. The van der Waals surface area contributed by atoms with Crippen molar-refractivity contribution in [3.8, 4) is 5.75 Å². The Bertz CT molecular complexity index is 514. The van der Waals surface area contributed by atoms with Gasteiger partial charge >= 0.3 is 0 Å². The van der Waals surface area contributed by atoms with Crippen molar-refractivity contribution in [1.82, 2.24) is 15.6 Å². The Balaban J connectivity index is 0.00000192. The lowest BCUT2D eigenvalue weighted by molar-refractivity contribution is 0.00913. The minimum absolute atomic E-state index is 0. The van der Waals surface area contributed by atoms with Gasteiger partial charge in [0.2, 0.25) is 0 Å². The van der Waals surface area contributed by atoms with E-state index in [9.17, 15) is 15.0 Å². The number of pyridine rings is 1.